The lowest BCUT2D eigenvalue weighted by Crippen LogP contribution is -2.13. The smallest absolute Gasteiger partial charge is 0.354 e. The largest absolute Gasteiger partial charge is 0.416 e. The second-order valence-electron chi connectivity index (χ2n) is 6.36. The van der Waals surface area contributed by atoms with Crippen LogP contribution in [0.3, 0.4) is 0 Å². The van der Waals surface area contributed by atoms with Crippen LogP contribution >= 0.6 is 0 Å². The molecule has 4 nitrogen and oxygen atoms in total. The van der Waals surface area contributed by atoms with Crippen molar-refractivity contribution in [2.24, 2.45) is 0 Å². The highest BCUT2D eigenvalue weighted by atomic mass is 19.4. The van der Waals surface area contributed by atoms with Gasteiger partial charge in [-0.05, 0) is 61.4 Å². The Hall–Kier alpha value is -3.35. The number of pyridine rings is 1. The highest BCUT2D eigenvalue weighted by Crippen LogP contribution is 2.30. The van der Waals surface area contributed by atoms with Crippen molar-refractivity contribution < 1.29 is 18.0 Å². The van der Waals surface area contributed by atoms with E-state index in [-0.39, 0.29) is 5.91 Å². The first-order chi connectivity index (χ1) is 13.2. The lowest BCUT2D eigenvalue weighted by molar-refractivity contribution is -0.137. The molecule has 0 spiro atoms. The third-order valence-electron chi connectivity index (χ3n) is 4.35. The van der Waals surface area contributed by atoms with Crippen LogP contribution in [0.4, 0.5) is 30.2 Å². The zero-order valence-electron chi connectivity index (χ0n) is 15.3. The summed E-state index contributed by atoms with van der Waals surface area (Å²) in [6.07, 6.45) is -1.46. The number of rotatable bonds is 4. The van der Waals surface area contributed by atoms with E-state index in [2.05, 4.69) is 15.6 Å². The molecule has 0 aliphatic rings. The number of anilines is 3. The van der Waals surface area contributed by atoms with Crippen molar-refractivity contribution in [2.75, 3.05) is 10.6 Å². The molecular weight excluding hydrogens is 367 g/mol. The molecule has 0 bridgehead atoms. The molecule has 0 saturated carbocycles. The van der Waals surface area contributed by atoms with Gasteiger partial charge >= 0.3 is 6.18 Å². The number of carbonyl (C=O) groups excluding carboxylic acids is 1. The van der Waals surface area contributed by atoms with Crippen molar-refractivity contribution in [2.45, 2.75) is 20.0 Å². The molecule has 0 atom stereocenters. The van der Waals surface area contributed by atoms with E-state index in [1.807, 2.05) is 32.0 Å². The summed E-state index contributed by atoms with van der Waals surface area (Å²) >= 11 is 0. The third-order valence-corrected chi connectivity index (χ3v) is 4.35. The van der Waals surface area contributed by atoms with Crippen molar-refractivity contribution in [3.05, 3.63) is 83.2 Å². The van der Waals surface area contributed by atoms with E-state index in [0.717, 1.165) is 23.3 Å². The molecule has 3 aromatic rings. The van der Waals surface area contributed by atoms with Gasteiger partial charge in [-0.15, -0.1) is 0 Å². The molecule has 2 N–H and O–H groups in total. The van der Waals surface area contributed by atoms with Gasteiger partial charge in [-0.2, -0.15) is 13.2 Å². The number of carbonyl (C=O) groups is 1. The van der Waals surface area contributed by atoms with Crippen LogP contribution < -0.4 is 10.6 Å². The Balaban J connectivity index is 1.75. The topological polar surface area (TPSA) is 54.0 Å². The van der Waals surface area contributed by atoms with E-state index in [4.69, 9.17) is 0 Å². The maximum atomic E-state index is 12.6. The van der Waals surface area contributed by atoms with Crippen molar-refractivity contribution in [1.29, 1.82) is 0 Å². The van der Waals surface area contributed by atoms with Gasteiger partial charge in [0.05, 0.1) is 23.0 Å². The number of nitrogens with one attached hydrogen (secondary N) is 2. The minimum Gasteiger partial charge on any atom is -0.354 e. The standard InChI is InChI=1S/C21H18F3N3O/c1-13-4-3-5-19(14(13)2)27-20(28)15-10-18(12-25-11-15)26-17-8-6-16(7-9-17)21(22,23)24/h3-12,26H,1-2H3,(H,27,28). The number of benzene rings is 2. The molecule has 0 saturated heterocycles. The maximum Gasteiger partial charge on any atom is 0.416 e. The van der Waals surface area contributed by atoms with E-state index in [1.54, 1.807) is 6.07 Å². The molecule has 0 unspecified atom stereocenters. The van der Waals surface area contributed by atoms with Crippen LogP contribution in [0.25, 0.3) is 0 Å². The quantitative estimate of drug-likeness (QED) is 0.605. The van der Waals surface area contributed by atoms with Gasteiger partial charge in [0.15, 0.2) is 0 Å². The average Bonchev–Trinajstić information content (AvgIpc) is 2.65. The fourth-order valence-electron chi connectivity index (χ4n) is 2.62. The Bertz CT molecular complexity index is 999. The lowest BCUT2D eigenvalue weighted by Gasteiger charge is -2.12. The number of nitrogens with zero attached hydrogens (tertiary/aromatic N) is 1. The number of aryl methyl sites for hydroxylation is 1. The van der Waals surface area contributed by atoms with E-state index < -0.39 is 11.7 Å². The summed E-state index contributed by atoms with van der Waals surface area (Å²) in [4.78, 5) is 16.6. The molecule has 1 aromatic heterocycles. The minimum atomic E-state index is -4.38. The van der Waals surface area contributed by atoms with Crippen LogP contribution in [-0.4, -0.2) is 10.9 Å². The highest BCUT2D eigenvalue weighted by molar-refractivity contribution is 6.05. The van der Waals surface area contributed by atoms with Crippen LogP contribution in [0.2, 0.25) is 0 Å². The number of hydrogen-bond donors (Lipinski definition) is 2. The lowest BCUT2D eigenvalue weighted by atomic mass is 10.1. The summed E-state index contributed by atoms with van der Waals surface area (Å²) in [6.45, 7) is 3.88. The van der Waals surface area contributed by atoms with Crippen LogP contribution in [-0.2, 0) is 6.18 Å². The van der Waals surface area contributed by atoms with E-state index in [1.165, 1.54) is 24.5 Å². The highest BCUT2D eigenvalue weighted by Gasteiger charge is 2.29. The second-order valence-corrected chi connectivity index (χ2v) is 6.36. The van der Waals surface area contributed by atoms with Crippen LogP contribution in [0.15, 0.2) is 60.9 Å². The molecule has 1 amide bonds. The van der Waals surface area contributed by atoms with Crippen molar-refractivity contribution in [3.63, 3.8) is 0 Å². The molecular formula is C21H18F3N3O. The SMILES string of the molecule is Cc1cccc(NC(=O)c2cncc(Nc3ccc(C(F)(F)F)cc3)c2)c1C. The average molecular weight is 385 g/mol. The van der Waals surface area contributed by atoms with Gasteiger partial charge in [0.1, 0.15) is 0 Å². The molecule has 1 heterocycles. The Kier molecular flexibility index (Phi) is 5.35. The molecule has 0 aliphatic heterocycles. The molecule has 0 aliphatic carbocycles. The molecule has 7 heteroatoms. The summed E-state index contributed by atoms with van der Waals surface area (Å²) in [6, 6.07) is 11.9. The molecule has 0 fully saturated rings. The van der Waals surface area contributed by atoms with Gasteiger partial charge in [-0.25, -0.2) is 0 Å². The van der Waals surface area contributed by atoms with Gasteiger partial charge in [0.25, 0.3) is 5.91 Å². The first-order valence-electron chi connectivity index (χ1n) is 8.51. The first-order valence-corrected chi connectivity index (χ1v) is 8.51. The summed E-state index contributed by atoms with van der Waals surface area (Å²) < 4.78 is 37.9. The van der Waals surface area contributed by atoms with E-state index in [0.29, 0.717) is 22.6 Å². The normalized spacial score (nSPS) is 11.2. The van der Waals surface area contributed by atoms with E-state index >= 15 is 0 Å². The summed E-state index contributed by atoms with van der Waals surface area (Å²) in [5, 5.41) is 5.80. The summed E-state index contributed by atoms with van der Waals surface area (Å²) in [5.74, 6) is -0.322. The Morgan fingerprint density at radius 1 is 0.964 bits per heavy atom. The molecule has 0 radical (unpaired) electrons. The molecule has 28 heavy (non-hydrogen) atoms. The van der Waals surface area contributed by atoms with Crippen LogP contribution in [0.5, 0.6) is 0 Å². The van der Waals surface area contributed by atoms with Gasteiger partial charge in [-0.3, -0.25) is 9.78 Å². The maximum absolute atomic E-state index is 12.6. The van der Waals surface area contributed by atoms with Gasteiger partial charge in [-0.1, -0.05) is 12.1 Å². The first kappa shape index (κ1) is 19.4. The fourth-order valence-corrected chi connectivity index (χ4v) is 2.62. The predicted molar refractivity (Wildman–Crippen MR) is 103 cm³/mol. The minimum absolute atomic E-state index is 0.322. The monoisotopic (exact) mass is 385 g/mol. The summed E-state index contributed by atoms with van der Waals surface area (Å²) in [5.41, 5.74) is 3.31. The number of aromatic nitrogens is 1. The van der Waals surface area contributed by atoms with Gasteiger partial charge in [0.2, 0.25) is 0 Å². The van der Waals surface area contributed by atoms with Crippen molar-refractivity contribution >= 4 is 23.0 Å². The number of alkyl halides is 3. The zero-order valence-corrected chi connectivity index (χ0v) is 15.3. The molecule has 144 valence electrons. The number of amides is 1. The van der Waals surface area contributed by atoms with Crippen molar-refractivity contribution in [1.82, 2.24) is 4.98 Å². The Labute approximate surface area is 160 Å². The fraction of sp³-hybridized carbons (Fsp3) is 0.143. The number of hydrogen-bond acceptors (Lipinski definition) is 3. The van der Waals surface area contributed by atoms with Crippen molar-refractivity contribution in [3.8, 4) is 0 Å². The molecule has 2 aromatic carbocycles. The van der Waals surface area contributed by atoms with E-state index in [9.17, 15) is 18.0 Å². The Morgan fingerprint density at radius 2 is 1.68 bits per heavy atom. The second kappa shape index (κ2) is 7.72. The van der Waals surface area contributed by atoms with Crippen LogP contribution in [0, 0.1) is 13.8 Å². The summed E-state index contributed by atoms with van der Waals surface area (Å²) in [7, 11) is 0. The third kappa shape index (κ3) is 4.49. The molecule has 3 rings (SSSR count). The predicted octanol–water partition coefficient (Wildman–Crippen LogP) is 5.71. The van der Waals surface area contributed by atoms with Crippen LogP contribution in [0.1, 0.15) is 27.0 Å². The Morgan fingerprint density at radius 3 is 2.36 bits per heavy atom. The zero-order chi connectivity index (χ0) is 20.3. The number of halogens is 3. The van der Waals surface area contributed by atoms with Gasteiger partial charge in [0, 0.05) is 17.6 Å². The van der Waals surface area contributed by atoms with Gasteiger partial charge < -0.3 is 10.6 Å².